The standard InChI is InChI=1S/C16H27N5O/c17-19-18-13-11-15(16(22)20-9-5-2-6-10-20)21(12-13)14-7-3-1-4-8-14/h13-15H,1-12H2/t13-,15-/m0/s1. The van der Waals surface area contributed by atoms with Crippen molar-refractivity contribution in [2.45, 2.75) is 75.9 Å². The summed E-state index contributed by atoms with van der Waals surface area (Å²) in [6.45, 7) is 2.57. The number of nitrogens with zero attached hydrogens (tertiary/aromatic N) is 5. The molecule has 22 heavy (non-hydrogen) atoms. The predicted octanol–water partition coefficient (Wildman–Crippen LogP) is 3.08. The maximum absolute atomic E-state index is 13.0. The third-order valence-electron chi connectivity index (χ3n) is 5.53. The highest BCUT2D eigenvalue weighted by Gasteiger charge is 2.41. The van der Waals surface area contributed by atoms with Crippen molar-refractivity contribution in [2.24, 2.45) is 5.11 Å². The zero-order chi connectivity index (χ0) is 15.4. The lowest BCUT2D eigenvalue weighted by atomic mass is 9.93. The molecule has 3 fully saturated rings. The van der Waals surface area contributed by atoms with E-state index in [0.29, 0.717) is 12.5 Å². The molecule has 1 saturated carbocycles. The first kappa shape index (κ1) is 15.6. The van der Waals surface area contributed by atoms with E-state index in [2.05, 4.69) is 14.9 Å². The first-order chi connectivity index (χ1) is 10.8. The van der Waals surface area contributed by atoms with Crippen molar-refractivity contribution < 1.29 is 4.79 Å². The summed E-state index contributed by atoms with van der Waals surface area (Å²) in [5.41, 5.74) is 8.74. The van der Waals surface area contributed by atoms with Crippen molar-refractivity contribution in [2.75, 3.05) is 19.6 Å². The van der Waals surface area contributed by atoms with Gasteiger partial charge in [-0.15, -0.1) is 0 Å². The molecule has 6 nitrogen and oxygen atoms in total. The number of rotatable bonds is 3. The first-order valence-electron chi connectivity index (χ1n) is 8.88. The number of hydrogen-bond donors (Lipinski definition) is 0. The maximum Gasteiger partial charge on any atom is 0.239 e. The number of hydrogen-bond acceptors (Lipinski definition) is 3. The zero-order valence-electron chi connectivity index (χ0n) is 13.4. The van der Waals surface area contributed by atoms with Crippen LogP contribution >= 0.6 is 0 Å². The SMILES string of the molecule is [N-]=[N+]=N[C@H]1C[C@@H](C(=O)N2CCCCC2)N(C2CCCCC2)C1. The number of likely N-dealkylation sites (tertiary alicyclic amines) is 2. The van der Waals surface area contributed by atoms with Crippen molar-refractivity contribution in [3.63, 3.8) is 0 Å². The fourth-order valence-electron chi connectivity index (χ4n) is 4.38. The molecule has 0 bridgehead atoms. The molecule has 2 saturated heterocycles. The van der Waals surface area contributed by atoms with Gasteiger partial charge in [-0.1, -0.05) is 24.4 Å². The van der Waals surface area contributed by atoms with Crippen LogP contribution in [0.3, 0.4) is 0 Å². The van der Waals surface area contributed by atoms with Gasteiger partial charge in [0.15, 0.2) is 0 Å². The van der Waals surface area contributed by atoms with Gasteiger partial charge in [-0.2, -0.15) is 0 Å². The summed E-state index contributed by atoms with van der Waals surface area (Å²) in [6, 6.07) is 0.411. The Bertz CT molecular complexity index is 436. The molecular weight excluding hydrogens is 278 g/mol. The number of amides is 1. The summed E-state index contributed by atoms with van der Waals surface area (Å²) in [5, 5.41) is 3.91. The molecule has 0 N–H and O–H groups in total. The second-order valence-electron chi connectivity index (χ2n) is 6.98. The van der Waals surface area contributed by atoms with E-state index in [-0.39, 0.29) is 18.0 Å². The number of carbonyl (C=O) groups excluding carboxylic acids is 1. The molecule has 2 heterocycles. The maximum atomic E-state index is 13.0. The van der Waals surface area contributed by atoms with Crippen LogP contribution in [-0.2, 0) is 4.79 Å². The zero-order valence-corrected chi connectivity index (χ0v) is 13.4. The Kier molecular flexibility index (Phi) is 5.21. The van der Waals surface area contributed by atoms with Gasteiger partial charge in [-0.05, 0) is 44.1 Å². The van der Waals surface area contributed by atoms with Gasteiger partial charge in [-0.25, -0.2) is 0 Å². The highest BCUT2D eigenvalue weighted by atomic mass is 16.2. The molecule has 0 aromatic rings. The van der Waals surface area contributed by atoms with E-state index in [1.165, 1.54) is 38.5 Å². The van der Waals surface area contributed by atoms with E-state index < -0.39 is 0 Å². The van der Waals surface area contributed by atoms with Gasteiger partial charge in [0.05, 0.1) is 12.1 Å². The Hall–Kier alpha value is -1.26. The molecule has 2 aliphatic heterocycles. The largest absolute Gasteiger partial charge is 0.341 e. The smallest absolute Gasteiger partial charge is 0.239 e. The normalized spacial score (nSPS) is 31.0. The molecule has 0 radical (unpaired) electrons. The summed E-state index contributed by atoms with van der Waals surface area (Å²) in [6.07, 6.45) is 10.4. The van der Waals surface area contributed by atoms with Crippen molar-refractivity contribution in [1.82, 2.24) is 9.80 Å². The number of piperidine rings is 1. The third kappa shape index (κ3) is 3.39. The highest BCUT2D eigenvalue weighted by molar-refractivity contribution is 5.82. The topological polar surface area (TPSA) is 72.3 Å². The van der Waals surface area contributed by atoms with E-state index in [1.807, 2.05) is 4.90 Å². The fourth-order valence-corrected chi connectivity index (χ4v) is 4.38. The molecule has 0 aromatic heterocycles. The summed E-state index contributed by atoms with van der Waals surface area (Å²) in [5.74, 6) is 0.279. The van der Waals surface area contributed by atoms with Crippen molar-refractivity contribution >= 4 is 5.91 Å². The van der Waals surface area contributed by atoms with Gasteiger partial charge >= 0.3 is 0 Å². The second-order valence-corrected chi connectivity index (χ2v) is 6.98. The van der Waals surface area contributed by atoms with E-state index in [0.717, 1.165) is 32.5 Å². The quantitative estimate of drug-likeness (QED) is 0.456. The van der Waals surface area contributed by atoms with Crippen molar-refractivity contribution in [3.05, 3.63) is 10.4 Å². The Balaban J connectivity index is 1.72. The van der Waals surface area contributed by atoms with Crippen LogP contribution < -0.4 is 0 Å². The molecule has 0 unspecified atom stereocenters. The lowest BCUT2D eigenvalue weighted by Crippen LogP contribution is -2.50. The molecule has 6 heteroatoms. The number of carbonyl (C=O) groups is 1. The van der Waals surface area contributed by atoms with Crippen LogP contribution in [0.1, 0.15) is 57.8 Å². The Morgan fingerprint density at radius 1 is 1.05 bits per heavy atom. The van der Waals surface area contributed by atoms with Gasteiger partial charge in [-0.3, -0.25) is 9.69 Å². The fraction of sp³-hybridized carbons (Fsp3) is 0.938. The predicted molar refractivity (Wildman–Crippen MR) is 85.3 cm³/mol. The monoisotopic (exact) mass is 305 g/mol. The van der Waals surface area contributed by atoms with Gasteiger partial charge in [0.2, 0.25) is 5.91 Å². The third-order valence-corrected chi connectivity index (χ3v) is 5.53. The minimum Gasteiger partial charge on any atom is -0.341 e. The van der Waals surface area contributed by atoms with E-state index in [4.69, 9.17) is 5.53 Å². The second kappa shape index (κ2) is 7.34. The van der Waals surface area contributed by atoms with Gasteiger partial charge in [0.25, 0.3) is 0 Å². The average molecular weight is 305 g/mol. The van der Waals surface area contributed by atoms with E-state index >= 15 is 0 Å². The first-order valence-corrected chi connectivity index (χ1v) is 8.88. The summed E-state index contributed by atoms with van der Waals surface area (Å²) in [7, 11) is 0. The highest BCUT2D eigenvalue weighted by Crippen LogP contribution is 2.31. The molecule has 1 aliphatic carbocycles. The minimum atomic E-state index is -0.0586. The van der Waals surface area contributed by atoms with Gasteiger partial charge in [0.1, 0.15) is 0 Å². The van der Waals surface area contributed by atoms with Gasteiger partial charge < -0.3 is 4.90 Å². The minimum absolute atomic E-state index is 0.0364. The van der Waals surface area contributed by atoms with Gasteiger partial charge in [0, 0.05) is 30.6 Å². The molecule has 2 atom stereocenters. The molecule has 3 rings (SSSR count). The lowest BCUT2D eigenvalue weighted by molar-refractivity contribution is -0.137. The summed E-state index contributed by atoms with van der Waals surface area (Å²) < 4.78 is 0. The Labute approximate surface area is 132 Å². The number of azide groups is 1. The van der Waals surface area contributed by atoms with E-state index in [9.17, 15) is 4.79 Å². The molecule has 1 amide bonds. The van der Waals surface area contributed by atoms with Crippen LogP contribution in [0, 0.1) is 0 Å². The molecular formula is C16H27N5O. The lowest BCUT2D eigenvalue weighted by Gasteiger charge is -2.37. The average Bonchev–Trinajstić information content (AvgIpc) is 3.00. The Morgan fingerprint density at radius 3 is 2.41 bits per heavy atom. The van der Waals surface area contributed by atoms with E-state index in [1.54, 1.807) is 0 Å². The van der Waals surface area contributed by atoms with Crippen LogP contribution in [0.5, 0.6) is 0 Å². The van der Waals surface area contributed by atoms with Crippen LogP contribution in [0.2, 0.25) is 0 Å². The van der Waals surface area contributed by atoms with Crippen LogP contribution in [-0.4, -0.2) is 53.5 Å². The van der Waals surface area contributed by atoms with Crippen LogP contribution in [0.25, 0.3) is 10.4 Å². The molecule has 122 valence electrons. The van der Waals surface area contributed by atoms with Crippen molar-refractivity contribution in [3.8, 4) is 0 Å². The summed E-state index contributed by atoms with van der Waals surface area (Å²) >= 11 is 0. The van der Waals surface area contributed by atoms with Crippen LogP contribution in [0.15, 0.2) is 5.11 Å². The molecule has 0 spiro atoms. The van der Waals surface area contributed by atoms with Crippen LogP contribution in [0.4, 0.5) is 0 Å². The Morgan fingerprint density at radius 2 is 1.73 bits per heavy atom. The van der Waals surface area contributed by atoms with Crippen molar-refractivity contribution in [1.29, 1.82) is 0 Å². The molecule has 3 aliphatic rings. The summed E-state index contributed by atoms with van der Waals surface area (Å²) in [4.78, 5) is 20.3. The molecule has 0 aromatic carbocycles.